The van der Waals surface area contributed by atoms with Crippen molar-refractivity contribution >= 4 is 0 Å². The van der Waals surface area contributed by atoms with Gasteiger partial charge in [-0.05, 0) is 7.05 Å². The molecular weight excluding hydrogens is 178 g/mol. The van der Waals surface area contributed by atoms with Crippen molar-refractivity contribution in [3.8, 4) is 0 Å². The highest BCUT2D eigenvalue weighted by atomic mass is 16.5. The predicted molar refractivity (Wildman–Crippen MR) is 56.5 cm³/mol. The minimum absolute atomic E-state index is 0.627. The molecule has 0 aromatic carbocycles. The molecule has 14 heavy (non-hydrogen) atoms. The second kappa shape index (κ2) is 5.07. The van der Waals surface area contributed by atoms with Gasteiger partial charge in [0.05, 0.1) is 19.3 Å². The molecule has 0 unspecified atom stereocenters. The zero-order chi connectivity index (χ0) is 9.80. The van der Waals surface area contributed by atoms with Crippen LogP contribution >= 0.6 is 0 Å². The van der Waals surface area contributed by atoms with Gasteiger partial charge in [0.15, 0.2) is 0 Å². The molecule has 82 valence electrons. The molecule has 1 N–H and O–H groups in total. The summed E-state index contributed by atoms with van der Waals surface area (Å²) < 4.78 is 5.11. The van der Waals surface area contributed by atoms with E-state index in [2.05, 4.69) is 22.2 Å². The van der Waals surface area contributed by atoms with E-state index in [1.165, 1.54) is 32.7 Å². The highest BCUT2D eigenvalue weighted by Crippen LogP contribution is 2.00. The van der Waals surface area contributed by atoms with E-state index in [4.69, 9.17) is 4.74 Å². The third-order valence-corrected chi connectivity index (χ3v) is 3.10. The molecule has 4 nitrogen and oxygen atoms in total. The van der Waals surface area contributed by atoms with Crippen molar-refractivity contribution in [2.45, 2.75) is 6.04 Å². The summed E-state index contributed by atoms with van der Waals surface area (Å²) in [6.45, 7) is 8.98. The molecule has 2 aliphatic heterocycles. The van der Waals surface area contributed by atoms with E-state index in [-0.39, 0.29) is 0 Å². The predicted octanol–water partition coefficient (Wildman–Crippen LogP) is -0.778. The van der Waals surface area contributed by atoms with Gasteiger partial charge in [-0.25, -0.2) is 0 Å². The number of hydrogen-bond acceptors (Lipinski definition) is 4. The highest BCUT2D eigenvalue weighted by molar-refractivity contribution is 4.75. The second-order valence-electron chi connectivity index (χ2n) is 4.33. The smallest absolute Gasteiger partial charge is 0.0643 e. The van der Waals surface area contributed by atoms with Crippen LogP contribution < -0.4 is 5.32 Å². The van der Waals surface area contributed by atoms with Crippen molar-refractivity contribution in [2.24, 2.45) is 0 Å². The van der Waals surface area contributed by atoms with Gasteiger partial charge in [-0.2, -0.15) is 0 Å². The van der Waals surface area contributed by atoms with Crippen molar-refractivity contribution < 1.29 is 4.74 Å². The Morgan fingerprint density at radius 1 is 1.21 bits per heavy atom. The molecule has 2 rings (SSSR count). The molecule has 2 saturated heterocycles. The summed E-state index contributed by atoms with van der Waals surface area (Å²) >= 11 is 0. The average Bonchev–Trinajstić information content (AvgIpc) is 2.12. The number of hydrogen-bond donors (Lipinski definition) is 1. The molecule has 2 heterocycles. The second-order valence-corrected chi connectivity index (χ2v) is 4.33. The quantitative estimate of drug-likeness (QED) is 0.643. The van der Waals surface area contributed by atoms with Gasteiger partial charge in [-0.1, -0.05) is 0 Å². The number of piperazine rings is 1. The third-order valence-electron chi connectivity index (χ3n) is 3.10. The lowest BCUT2D eigenvalue weighted by molar-refractivity contribution is -0.00608. The molecule has 0 aromatic heterocycles. The van der Waals surface area contributed by atoms with Crippen LogP contribution in [0.25, 0.3) is 0 Å². The fourth-order valence-electron chi connectivity index (χ4n) is 1.85. The zero-order valence-corrected chi connectivity index (χ0v) is 9.04. The van der Waals surface area contributed by atoms with Gasteiger partial charge in [0, 0.05) is 39.3 Å². The summed E-state index contributed by atoms with van der Waals surface area (Å²) in [4.78, 5) is 4.93. The van der Waals surface area contributed by atoms with Gasteiger partial charge in [-0.15, -0.1) is 0 Å². The number of ether oxygens (including phenoxy) is 1. The molecule has 0 aromatic rings. The van der Waals surface area contributed by atoms with Crippen LogP contribution in [0.15, 0.2) is 0 Å². The topological polar surface area (TPSA) is 27.7 Å². The molecule has 0 saturated carbocycles. The van der Waals surface area contributed by atoms with E-state index in [0.717, 1.165) is 19.8 Å². The highest BCUT2D eigenvalue weighted by Gasteiger charge is 2.18. The summed E-state index contributed by atoms with van der Waals surface area (Å²) in [6.07, 6.45) is 0. The maximum absolute atomic E-state index is 5.11. The molecule has 0 radical (unpaired) electrons. The SMILES string of the molecule is CN1CCN(CCNC2COC2)CC1. The summed E-state index contributed by atoms with van der Waals surface area (Å²) in [5.74, 6) is 0. The lowest BCUT2D eigenvalue weighted by atomic mass is 10.2. The van der Waals surface area contributed by atoms with Crippen LogP contribution in [-0.2, 0) is 4.74 Å². The molecule has 0 amide bonds. The van der Waals surface area contributed by atoms with Crippen LogP contribution in [0.5, 0.6) is 0 Å². The van der Waals surface area contributed by atoms with Gasteiger partial charge in [0.25, 0.3) is 0 Å². The van der Waals surface area contributed by atoms with Crippen molar-refractivity contribution in [3.05, 3.63) is 0 Å². The Hall–Kier alpha value is -0.160. The molecule has 0 aliphatic carbocycles. The van der Waals surface area contributed by atoms with Crippen molar-refractivity contribution in [1.82, 2.24) is 15.1 Å². The Balaban J connectivity index is 1.52. The molecule has 2 aliphatic rings. The molecule has 0 atom stereocenters. The normalized spacial score (nSPS) is 26.4. The van der Waals surface area contributed by atoms with Crippen LogP contribution in [0.4, 0.5) is 0 Å². The summed E-state index contributed by atoms with van der Waals surface area (Å²) in [6, 6.07) is 0.627. The molecule has 0 bridgehead atoms. The van der Waals surface area contributed by atoms with E-state index in [1.54, 1.807) is 0 Å². The van der Waals surface area contributed by atoms with E-state index < -0.39 is 0 Å². The summed E-state index contributed by atoms with van der Waals surface area (Å²) in [5.41, 5.74) is 0. The van der Waals surface area contributed by atoms with E-state index in [1.807, 2.05) is 0 Å². The first-order valence-corrected chi connectivity index (χ1v) is 5.56. The third kappa shape index (κ3) is 2.92. The first kappa shape index (κ1) is 10.4. The number of nitrogens with one attached hydrogen (secondary N) is 1. The Morgan fingerprint density at radius 2 is 1.93 bits per heavy atom. The molecule has 0 spiro atoms. The van der Waals surface area contributed by atoms with Gasteiger partial charge < -0.3 is 15.0 Å². The monoisotopic (exact) mass is 199 g/mol. The Labute approximate surface area is 86.2 Å². The molecular formula is C10H21N3O. The van der Waals surface area contributed by atoms with Crippen LogP contribution in [-0.4, -0.2) is 75.4 Å². The summed E-state index contributed by atoms with van der Waals surface area (Å²) in [5, 5.41) is 3.50. The number of rotatable bonds is 4. The Kier molecular flexibility index (Phi) is 3.75. The standard InChI is InChI=1S/C10H21N3O/c1-12-4-6-13(7-5-12)3-2-11-10-8-14-9-10/h10-11H,2-9H2,1H3. The van der Waals surface area contributed by atoms with Crippen molar-refractivity contribution in [3.63, 3.8) is 0 Å². The largest absolute Gasteiger partial charge is 0.378 e. The van der Waals surface area contributed by atoms with E-state index >= 15 is 0 Å². The minimum Gasteiger partial charge on any atom is -0.378 e. The van der Waals surface area contributed by atoms with Gasteiger partial charge in [-0.3, -0.25) is 4.90 Å². The fraction of sp³-hybridized carbons (Fsp3) is 1.00. The fourth-order valence-corrected chi connectivity index (χ4v) is 1.85. The molecule has 2 fully saturated rings. The van der Waals surface area contributed by atoms with Crippen LogP contribution in [0.1, 0.15) is 0 Å². The lowest BCUT2D eigenvalue weighted by Crippen LogP contribution is -2.50. The molecule has 4 heteroatoms. The van der Waals surface area contributed by atoms with Gasteiger partial charge >= 0.3 is 0 Å². The maximum atomic E-state index is 5.11. The van der Waals surface area contributed by atoms with Gasteiger partial charge in [0.2, 0.25) is 0 Å². The average molecular weight is 199 g/mol. The number of likely N-dealkylation sites (N-methyl/N-ethyl adjacent to an activating group) is 1. The van der Waals surface area contributed by atoms with E-state index in [9.17, 15) is 0 Å². The zero-order valence-electron chi connectivity index (χ0n) is 9.04. The van der Waals surface area contributed by atoms with Crippen molar-refractivity contribution in [2.75, 3.05) is 59.5 Å². The van der Waals surface area contributed by atoms with Crippen molar-refractivity contribution in [1.29, 1.82) is 0 Å². The van der Waals surface area contributed by atoms with E-state index in [0.29, 0.717) is 6.04 Å². The number of nitrogens with zero attached hydrogens (tertiary/aromatic N) is 2. The first-order valence-electron chi connectivity index (χ1n) is 5.56. The summed E-state index contributed by atoms with van der Waals surface area (Å²) in [7, 11) is 2.20. The van der Waals surface area contributed by atoms with Crippen LogP contribution in [0, 0.1) is 0 Å². The maximum Gasteiger partial charge on any atom is 0.0643 e. The Bertz CT molecular complexity index is 165. The lowest BCUT2D eigenvalue weighted by Gasteiger charge is -2.33. The van der Waals surface area contributed by atoms with Crippen LogP contribution in [0.3, 0.4) is 0 Å². The first-order chi connectivity index (χ1) is 6.84. The van der Waals surface area contributed by atoms with Crippen LogP contribution in [0.2, 0.25) is 0 Å². The Morgan fingerprint density at radius 3 is 2.50 bits per heavy atom. The van der Waals surface area contributed by atoms with Gasteiger partial charge in [0.1, 0.15) is 0 Å². The minimum atomic E-state index is 0.627.